The van der Waals surface area contributed by atoms with Crippen molar-refractivity contribution in [1.82, 2.24) is 15.0 Å². The van der Waals surface area contributed by atoms with E-state index in [9.17, 15) is 9.59 Å². The molecule has 0 aliphatic heterocycles. The molecule has 6 heteroatoms. The molecule has 2 rings (SSSR count). The van der Waals surface area contributed by atoms with E-state index in [1.165, 1.54) is 6.20 Å². The number of hydrogen-bond donors (Lipinski definition) is 1. The highest BCUT2D eigenvalue weighted by molar-refractivity contribution is 5.76. The zero-order valence-electron chi connectivity index (χ0n) is 11.5. The Hall–Kier alpha value is -2.24. The summed E-state index contributed by atoms with van der Waals surface area (Å²) in [5.41, 5.74) is 0.336. The molecule has 2 heterocycles. The summed E-state index contributed by atoms with van der Waals surface area (Å²) in [7, 11) is 0. The summed E-state index contributed by atoms with van der Waals surface area (Å²) in [6.07, 6.45) is 3.61. The molecule has 2 aromatic heterocycles. The van der Waals surface area contributed by atoms with E-state index in [1.54, 1.807) is 12.3 Å². The average Bonchev–Trinajstić information content (AvgIpc) is 2.43. The minimum Gasteiger partial charge on any atom is -0.465 e. The van der Waals surface area contributed by atoms with Gasteiger partial charge in [0.05, 0.1) is 23.9 Å². The first-order valence-corrected chi connectivity index (χ1v) is 6.55. The third-order valence-electron chi connectivity index (χ3n) is 2.70. The van der Waals surface area contributed by atoms with Crippen molar-refractivity contribution in [3.8, 4) is 0 Å². The smallest absolute Gasteiger partial charge is 0.306 e. The van der Waals surface area contributed by atoms with Crippen molar-refractivity contribution < 1.29 is 9.53 Å². The predicted molar refractivity (Wildman–Crippen MR) is 74.3 cm³/mol. The number of esters is 1. The maximum absolute atomic E-state index is 11.8. The summed E-state index contributed by atoms with van der Waals surface area (Å²) in [5, 5.41) is 0.443. The summed E-state index contributed by atoms with van der Waals surface area (Å²) < 4.78 is 5.07. The van der Waals surface area contributed by atoms with Gasteiger partial charge in [-0.1, -0.05) is 13.8 Å². The van der Waals surface area contributed by atoms with Crippen LogP contribution >= 0.6 is 0 Å². The highest BCUT2D eigenvalue weighted by Crippen LogP contribution is 2.05. The maximum atomic E-state index is 11.8. The van der Waals surface area contributed by atoms with Crippen LogP contribution in [0.2, 0.25) is 0 Å². The minimum atomic E-state index is -0.281. The lowest BCUT2D eigenvalue weighted by atomic mass is 10.2. The number of aromatic nitrogens is 3. The summed E-state index contributed by atoms with van der Waals surface area (Å²) in [4.78, 5) is 34.2. The second kappa shape index (κ2) is 6.27. The predicted octanol–water partition coefficient (Wildman–Crippen LogP) is 1.45. The van der Waals surface area contributed by atoms with Crippen LogP contribution in [0.4, 0.5) is 0 Å². The standard InChI is InChI=1S/C14H17N3O3/c1-9(2)8-20-13(18)4-3-12-16-11-5-6-15-7-10(11)14(19)17-12/h5-7,9H,3-4,8H2,1-2H3,(H,16,17,19). The van der Waals surface area contributed by atoms with Crippen LogP contribution in [-0.4, -0.2) is 27.5 Å². The summed E-state index contributed by atoms with van der Waals surface area (Å²) in [6, 6.07) is 1.67. The van der Waals surface area contributed by atoms with Gasteiger partial charge in [0.15, 0.2) is 0 Å². The Morgan fingerprint density at radius 2 is 2.25 bits per heavy atom. The van der Waals surface area contributed by atoms with Crippen molar-refractivity contribution in [2.24, 2.45) is 5.92 Å². The van der Waals surface area contributed by atoms with Gasteiger partial charge in [-0.2, -0.15) is 0 Å². The van der Waals surface area contributed by atoms with Gasteiger partial charge >= 0.3 is 5.97 Å². The molecule has 0 amide bonds. The van der Waals surface area contributed by atoms with Crippen molar-refractivity contribution in [3.63, 3.8) is 0 Å². The van der Waals surface area contributed by atoms with Gasteiger partial charge in [0.25, 0.3) is 5.56 Å². The first kappa shape index (κ1) is 14.2. The lowest BCUT2D eigenvalue weighted by Crippen LogP contribution is -2.15. The monoisotopic (exact) mass is 275 g/mol. The van der Waals surface area contributed by atoms with Gasteiger partial charge in [0, 0.05) is 18.8 Å². The Labute approximate surface area is 116 Å². The number of aryl methyl sites for hydroxylation is 1. The fourth-order valence-corrected chi connectivity index (χ4v) is 1.70. The van der Waals surface area contributed by atoms with Gasteiger partial charge in [-0.25, -0.2) is 4.98 Å². The molecule has 0 spiro atoms. The Kier molecular flexibility index (Phi) is 4.45. The lowest BCUT2D eigenvalue weighted by molar-refractivity contribution is -0.144. The normalized spacial score (nSPS) is 10.9. The number of pyridine rings is 1. The largest absolute Gasteiger partial charge is 0.465 e. The van der Waals surface area contributed by atoms with Crippen molar-refractivity contribution in [2.75, 3.05) is 6.61 Å². The number of carbonyl (C=O) groups is 1. The van der Waals surface area contributed by atoms with Gasteiger partial charge < -0.3 is 9.72 Å². The van der Waals surface area contributed by atoms with Gasteiger partial charge in [-0.15, -0.1) is 0 Å². The summed E-state index contributed by atoms with van der Waals surface area (Å²) >= 11 is 0. The molecular weight excluding hydrogens is 258 g/mol. The van der Waals surface area contributed by atoms with Gasteiger partial charge in [0.1, 0.15) is 5.82 Å². The van der Waals surface area contributed by atoms with Crippen LogP contribution in [0, 0.1) is 5.92 Å². The van der Waals surface area contributed by atoms with E-state index in [4.69, 9.17) is 4.74 Å². The molecule has 0 aromatic carbocycles. The van der Waals surface area contributed by atoms with Gasteiger partial charge in [0.2, 0.25) is 0 Å². The molecule has 20 heavy (non-hydrogen) atoms. The van der Waals surface area contributed by atoms with Crippen molar-refractivity contribution in [3.05, 3.63) is 34.6 Å². The average molecular weight is 275 g/mol. The third kappa shape index (κ3) is 3.63. The van der Waals surface area contributed by atoms with Crippen LogP contribution < -0.4 is 5.56 Å². The number of aromatic amines is 1. The fourth-order valence-electron chi connectivity index (χ4n) is 1.70. The van der Waals surface area contributed by atoms with E-state index >= 15 is 0 Å². The highest BCUT2D eigenvalue weighted by Gasteiger charge is 2.08. The topological polar surface area (TPSA) is 84.9 Å². The lowest BCUT2D eigenvalue weighted by Gasteiger charge is -2.07. The summed E-state index contributed by atoms with van der Waals surface area (Å²) in [5.74, 6) is 0.511. The van der Waals surface area contributed by atoms with Crippen LogP contribution in [-0.2, 0) is 16.0 Å². The number of nitrogens with zero attached hydrogens (tertiary/aromatic N) is 2. The van der Waals surface area contributed by atoms with E-state index in [1.807, 2.05) is 13.8 Å². The van der Waals surface area contributed by atoms with E-state index in [0.717, 1.165) is 0 Å². The second-order valence-electron chi connectivity index (χ2n) is 4.98. The Bertz CT molecular complexity index is 664. The van der Waals surface area contributed by atoms with E-state index in [0.29, 0.717) is 35.7 Å². The zero-order valence-corrected chi connectivity index (χ0v) is 11.5. The number of H-pyrrole nitrogens is 1. The maximum Gasteiger partial charge on any atom is 0.306 e. The Morgan fingerprint density at radius 3 is 3.00 bits per heavy atom. The molecule has 0 saturated heterocycles. The number of fused-ring (bicyclic) bond motifs is 1. The molecule has 0 fully saturated rings. The molecule has 0 aliphatic carbocycles. The van der Waals surface area contributed by atoms with E-state index in [-0.39, 0.29) is 17.9 Å². The van der Waals surface area contributed by atoms with Crippen LogP contribution in [0.3, 0.4) is 0 Å². The van der Waals surface area contributed by atoms with Crippen molar-refractivity contribution in [2.45, 2.75) is 26.7 Å². The number of rotatable bonds is 5. The quantitative estimate of drug-likeness (QED) is 0.835. The number of hydrogen-bond acceptors (Lipinski definition) is 5. The first-order valence-electron chi connectivity index (χ1n) is 6.55. The molecule has 0 atom stereocenters. The second-order valence-corrected chi connectivity index (χ2v) is 4.98. The van der Waals surface area contributed by atoms with Crippen molar-refractivity contribution in [1.29, 1.82) is 0 Å². The minimum absolute atomic E-state index is 0.201. The SMILES string of the molecule is CC(C)COC(=O)CCc1nc2ccncc2c(=O)[nH]1. The fraction of sp³-hybridized carbons (Fsp3) is 0.429. The number of carbonyl (C=O) groups excluding carboxylic acids is 1. The van der Waals surface area contributed by atoms with Crippen LogP contribution in [0.25, 0.3) is 10.9 Å². The molecule has 2 aromatic rings. The molecule has 1 N–H and O–H groups in total. The highest BCUT2D eigenvalue weighted by atomic mass is 16.5. The molecule has 0 saturated carbocycles. The molecule has 0 radical (unpaired) electrons. The molecule has 0 unspecified atom stereocenters. The van der Waals surface area contributed by atoms with Gasteiger partial charge in [-0.05, 0) is 12.0 Å². The van der Waals surface area contributed by atoms with Crippen LogP contribution in [0.15, 0.2) is 23.3 Å². The molecule has 0 bridgehead atoms. The molecule has 106 valence electrons. The number of nitrogens with one attached hydrogen (secondary N) is 1. The van der Waals surface area contributed by atoms with Crippen LogP contribution in [0.1, 0.15) is 26.1 Å². The van der Waals surface area contributed by atoms with E-state index < -0.39 is 0 Å². The Balaban J connectivity index is 2.03. The van der Waals surface area contributed by atoms with Gasteiger partial charge in [-0.3, -0.25) is 14.6 Å². The molecule has 0 aliphatic rings. The molecular formula is C14H17N3O3. The zero-order chi connectivity index (χ0) is 14.5. The van der Waals surface area contributed by atoms with Crippen molar-refractivity contribution >= 4 is 16.9 Å². The Morgan fingerprint density at radius 1 is 1.45 bits per heavy atom. The number of ether oxygens (including phenoxy) is 1. The first-order chi connectivity index (χ1) is 9.56. The molecule has 6 nitrogen and oxygen atoms in total. The third-order valence-corrected chi connectivity index (χ3v) is 2.70. The van der Waals surface area contributed by atoms with E-state index in [2.05, 4.69) is 15.0 Å². The van der Waals surface area contributed by atoms with Crippen LogP contribution in [0.5, 0.6) is 0 Å². The summed E-state index contributed by atoms with van der Waals surface area (Å²) in [6.45, 7) is 4.36.